The van der Waals surface area contributed by atoms with Crippen molar-refractivity contribution in [2.75, 3.05) is 5.73 Å². The lowest BCUT2D eigenvalue weighted by Crippen LogP contribution is -2.11. The third-order valence-corrected chi connectivity index (χ3v) is 3.96. The van der Waals surface area contributed by atoms with Crippen LogP contribution in [0.15, 0.2) is 12.1 Å². The largest absolute Gasteiger partial charge is 0.398 e. The molecule has 1 aromatic heterocycles. The van der Waals surface area contributed by atoms with Crippen molar-refractivity contribution in [3.05, 3.63) is 17.7 Å². The molecule has 104 valence electrons. The molecule has 0 aliphatic heterocycles. The molecule has 19 heavy (non-hydrogen) atoms. The summed E-state index contributed by atoms with van der Waals surface area (Å²) in [4.78, 5) is 0. The number of benzene rings is 1. The fourth-order valence-corrected chi connectivity index (χ4v) is 2.48. The Morgan fingerprint density at radius 2 is 2.11 bits per heavy atom. The molecule has 0 aliphatic rings. The molecular weight excluding hydrogens is 236 g/mol. The quantitative estimate of drug-likeness (QED) is 0.808. The number of nitrogens with two attached hydrogens (primary N) is 1. The van der Waals surface area contributed by atoms with Crippen molar-refractivity contribution in [2.45, 2.75) is 53.0 Å². The molecule has 0 amide bonds. The highest BCUT2D eigenvalue weighted by atomic mass is 15.4. The second kappa shape index (κ2) is 6.04. The van der Waals surface area contributed by atoms with E-state index in [0.29, 0.717) is 5.92 Å². The van der Waals surface area contributed by atoms with Gasteiger partial charge in [-0.25, -0.2) is 4.68 Å². The van der Waals surface area contributed by atoms with Gasteiger partial charge < -0.3 is 5.73 Å². The number of aromatic nitrogens is 3. The van der Waals surface area contributed by atoms with E-state index in [-0.39, 0.29) is 0 Å². The highest BCUT2D eigenvalue weighted by Crippen LogP contribution is 2.23. The van der Waals surface area contributed by atoms with Crippen LogP contribution in [0.2, 0.25) is 0 Å². The van der Waals surface area contributed by atoms with E-state index in [0.717, 1.165) is 28.8 Å². The Labute approximate surface area is 115 Å². The van der Waals surface area contributed by atoms with Crippen molar-refractivity contribution in [3.63, 3.8) is 0 Å². The predicted octanol–water partition coefficient (Wildman–Crippen LogP) is 3.54. The second-order valence-corrected chi connectivity index (χ2v) is 5.34. The molecule has 0 fully saturated rings. The van der Waals surface area contributed by atoms with Gasteiger partial charge in [-0.2, -0.15) is 0 Å². The molecule has 4 heteroatoms. The Kier molecular flexibility index (Phi) is 4.40. The first-order valence-corrected chi connectivity index (χ1v) is 7.25. The number of anilines is 1. The van der Waals surface area contributed by atoms with E-state index in [1.165, 1.54) is 25.7 Å². The average molecular weight is 260 g/mol. The lowest BCUT2D eigenvalue weighted by atomic mass is 9.99. The molecule has 4 nitrogen and oxygen atoms in total. The topological polar surface area (TPSA) is 56.7 Å². The van der Waals surface area contributed by atoms with Crippen molar-refractivity contribution in [1.82, 2.24) is 15.0 Å². The van der Waals surface area contributed by atoms with Crippen LogP contribution in [-0.2, 0) is 6.54 Å². The minimum atomic E-state index is 0.683. The number of nitrogens with zero attached hydrogens (tertiary/aromatic N) is 3. The highest BCUT2D eigenvalue weighted by Gasteiger charge is 2.12. The fraction of sp³-hybridized carbons (Fsp3) is 0.600. The average Bonchev–Trinajstić information content (AvgIpc) is 2.82. The summed E-state index contributed by atoms with van der Waals surface area (Å²) in [5.41, 5.74) is 9.77. The Hall–Kier alpha value is -1.58. The third-order valence-electron chi connectivity index (χ3n) is 3.96. The van der Waals surface area contributed by atoms with Crippen molar-refractivity contribution < 1.29 is 0 Å². The highest BCUT2D eigenvalue weighted by molar-refractivity contribution is 5.82. The van der Waals surface area contributed by atoms with Crippen LogP contribution in [0.3, 0.4) is 0 Å². The number of aryl methyl sites for hydroxylation is 1. The molecular formula is C15H24N4. The van der Waals surface area contributed by atoms with Crippen LogP contribution in [0.4, 0.5) is 5.69 Å². The summed E-state index contributed by atoms with van der Waals surface area (Å²) < 4.78 is 2.03. The first-order chi connectivity index (χ1) is 9.17. The van der Waals surface area contributed by atoms with Gasteiger partial charge in [-0.15, -0.1) is 5.10 Å². The van der Waals surface area contributed by atoms with E-state index in [9.17, 15) is 0 Å². The standard InChI is InChI=1S/C15H24N4/c1-4-6-7-12(5-2)10-19-14-9-8-13(16)11(3)15(14)17-18-19/h8-9,12H,4-7,10,16H2,1-3H3. The van der Waals surface area contributed by atoms with Crippen LogP contribution in [0.1, 0.15) is 45.1 Å². The van der Waals surface area contributed by atoms with E-state index in [1.54, 1.807) is 0 Å². The summed E-state index contributed by atoms with van der Waals surface area (Å²) >= 11 is 0. The van der Waals surface area contributed by atoms with Gasteiger partial charge in [-0.1, -0.05) is 38.3 Å². The monoisotopic (exact) mass is 260 g/mol. The first-order valence-electron chi connectivity index (χ1n) is 7.25. The van der Waals surface area contributed by atoms with Gasteiger partial charge in [0.2, 0.25) is 0 Å². The zero-order chi connectivity index (χ0) is 13.8. The maximum absolute atomic E-state index is 5.91. The number of hydrogen-bond acceptors (Lipinski definition) is 3. The fourth-order valence-electron chi connectivity index (χ4n) is 2.48. The van der Waals surface area contributed by atoms with E-state index < -0.39 is 0 Å². The second-order valence-electron chi connectivity index (χ2n) is 5.34. The smallest absolute Gasteiger partial charge is 0.118 e. The molecule has 0 radical (unpaired) electrons. The SMILES string of the molecule is CCCCC(CC)Cn1nnc2c(C)c(N)ccc21. The van der Waals surface area contributed by atoms with Crippen molar-refractivity contribution in [3.8, 4) is 0 Å². The maximum atomic E-state index is 5.91. The molecule has 0 aliphatic carbocycles. The molecule has 2 rings (SSSR count). The minimum absolute atomic E-state index is 0.683. The van der Waals surface area contributed by atoms with Gasteiger partial charge in [-0.3, -0.25) is 0 Å². The summed E-state index contributed by atoms with van der Waals surface area (Å²) in [6.45, 7) is 7.45. The molecule has 1 atom stereocenters. The lowest BCUT2D eigenvalue weighted by Gasteiger charge is -2.14. The maximum Gasteiger partial charge on any atom is 0.118 e. The Balaban J connectivity index is 2.23. The van der Waals surface area contributed by atoms with E-state index in [1.807, 2.05) is 23.7 Å². The number of nitrogen functional groups attached to an aromatic ring is 1. The van der Waals surface area contributed by atoms with Gasteiger partial charge in [0.1, 0.15) is 5.52 Å². The van der Waals surface area contributed by atoms with Crippen LogP contribution >= 0.6 is 0 Å². The molecule has 2 N–H and O–H groups in total. The van der Waals surface area contributed by atoms with E-state index >= 15 is 0 Å². The summed E-state index contributed by atoms with van der Waals surface area (Å²) in [6, 6.07) is 3.98. The molecule has 0 bridgehead atoms. The normalized spacial score (nSPS) is 13.0. The van der Waals surface area contributed by atoms with E-state index in [4.69, 9.17) is 5.73 Å². The zero-order valence-electron chi connectivity index (χ0n) is 12.2. The van der Waals surface area contributed by atoms with Gasteiger partial charge in [0.05, 0.1) is 5.52 Å². The molecule has 1 unspecified atom stereocenters. The summed E-state index contributed by atoms with van der Waals surface area (Å²) in [5, 5.41) is 8.58. The number of hydrogen-bond donors (Lipinski definition) is 1. The number of rotatable bonds is 6. The van der Waals surface area contributed by atoms with Crippen LogP contribution in [-0.4, -0.2) is 15.0 Å². The Bertz CT molecular complexity index is 544. The minimum Gasteiger partial charge on any atom is -0.398 e. The van der Waals surface area contributed by atoms with Gasteiger partial charge >= 0.3 is 0 Å². The van der Waals surface area contributed by atoms with Gasteiger partial charge in [0, 0.05) is 17.8 Å². The molecule has 1 aromatic carbocycles. The summed E-state index contributed by atoms with van der Waals surface area (Å²) in [6.07, 6.45) is 5.00. The Morgan fingerprint density at radius 3 is 2.79 bits per heavy atom. The molecule has 0 saturated heterocycles. The molecule has 2 aromatic rings. The zero-order valence-corrected chi connectivity index (χ0v) is 12.2. The summed E-state index contributed by atoms with van der Waals surface area (Å²) in [5.74, 6) is 0.683. The van der Waals surface area contributed by atoms with Crippen molar-refractivity contribution in [2.24, 2.45) is 5.92 Å². The van der Waals surface area contributed by atoms with E-state index in [2.05, 4.69) is 24.2 Å². The lowest BCUT2D eigenvalue weighted by molar-refractivity contribution is 0.373. The van der Waals surface area contributed by atoms with Crippen LogP contribution in [0, 0.1) is 12.8 Å². The molecule has 0 saturated carbocycles. The van der Waals surface area contributed by atoms with Gasteiger partial charge in [0.15, 0.2) is 0 Å². The number of fused-ring (bicyclic) bond motifs is 1. The number of unbranched alkanes of at least 4 members (excludes halogenated alkanes) is 1. The Morgan fingerprint density at radius 1 is 1.32 bits per heavy atom. The van der Waals surface area contributed by atoms with Gasteiger partial charge in [0.25, 0.3) is 0 Å². The molecule has 1 heterocycles. The molecule has 0 spiro atoms. The third kappa shape index (κ3) is 2.88. The first kappa shape index (κ1) is 13.8. The van der Waals surface area contributed by atoms with Crippen molar-refractivity contribution >= 4 is 16.7 Å². The summed E-state index contributed by atoms with van der Waals surface area (Å²) in [7, 11) is 0. The van der Waals surface area contributed by atoms with Crippen LogP contribution < -0.4 is 5.73 Å². The van der Waals surface area contributed by atoms with Crippen LogP contribution in [0.5, 0.6) is 0 Å². The predicted molar refractivity (Wildman–Crippen MR) is 80.0 cm³/mol. The van der Waals surface area contributed by atoms with Gasteiger partial charge in [-0.05, 0) is 31.4 Å². The van der Waals surface area contributed by atoms with Crippen LogP contribution in [0.25, 0.3) is 11.0 Å². The van der Waals surface area contributed by atoms with Crippen molar-refractivity contribution in [1.29, 1.82) is 0 Å².